The van der Waals surface area contributed by atoms with Crippen LogP contribution >= 0.6 is 22.9 Å². The van der Waals surface area contributed by atoms with E-state index in [-0.39, 0.29) is 11.7 Å². The molecule has 23 heavy (non-hydrogen) atoms. The molecule has 3 aromatic rings. The zero-order valence-corrected chi connectivity index (χ0v) is 14.1. The first-order valence-electron chi connectivity index (χ1n) is 7.18. The molecule has 3 rings (SSSR count). The molecule has 0 atom stereocenters. The van der Waals surface area contributed by atoms with E-state index < -0.39 is 0 Å². The molecule has 1 aromatic heterocycles. The SMILES string of the molecule is CC(=O)N(Cc1ccc(F)cc1)Cc1csc2ccc(Cl)cc12. The van der Waals surface area contributed by atoms with Crippen molar-refractivity contribution < 1.29 is 9.18 Å². The van der Waals surface area contributed by atoms with Gasteiger partial charge in [0.05, 0.1) is 0 Å². The maximum Gasteiger partial charge on any atom is 0.220 e. The van der Waals surface area contributed by atoms with Crippen LogP contribution in [0.15, 0.2) is 47.8 Å². The molecule has 0 saturated carbocycles. The summed E-state index contributed by atoms with van der Waals surface area (Å²) >= 11 is 7.72. The quantitative estimate of drug-likeness (QED) is 0.631. The van der Waals surface area contributed by atoms with Crippen molar-refractivity contribution in [3.63, 3.8) is 0 Å². The molecule has 0 aliphatic heterocycles. The molecule has 0 unspecified atom stereocenters. The lowest BCUT2D eigenvalue weighted by Gasteiger charge is -2.21. The lowest BCUT2D eigenvalue weighted by molar-refractivity contribution is -0.130. The molecule has 0 N–H and O–H groups in total. The van der Waals surface area contributed by atoms with Crippen LogP contribution in [0.1, 0.15) is 18.1 Å². The van der Waals surface area contributed by atoms with Crippen molar-refractivity contribution in [2.24, 2.45) is 0 Å². The average molecular weight is 348 g/mol. The number of carbonyl (C=O) groups is 1. The first-order valence-corrected chi connectivity index (χ1v) is 8.44. The van der Waals surface area contributed by atoms with Crippen molar-refractivity contribution >= 4 is 38.9 Å². The number of hydrogen-bond donors (Lipinski definition) is 0. The van der Waals surface area contributed by atoms with Crippen molar-refractivity contribution in [2.75, 3.05) is 0 Å². The minimum atomic E-state index is -0.276. The van der Waals surface area contributed by atoms with Crippen LogP contribution in [-0.4, -0.2) is 10.8 Å². The van der Waals surface area contributed by atoms with Gasteiger partial charge in [-0.15, -0.1) is 11.3 Å². The van der Waals surface area contributed by atoms with E-state index in [1.807, 2.05) is 18.2 Å². The van der Waals surface area contributed by atoms with Crippen LogP contribution < -0.4 is 0 Å². The van der Waals surface area contributed by atoms with Gasteiger partial charge in [-0.25, -0.2) is 4.39 Å². The molecule has 0 aliphatic carbocycles. The summed E-state index contributed by atoms with van der Waals surface area (Å²) in [7, 11) is 0. The lowest BCUT2D eigenvalue weighted by atomic mass is 10.1. The first-order chi connectivity index (χ1) is 11.0. The Bertz CT molecular complexity index is 844. The van der Waals surface area contributed by atoms with Crippen LogP contribution in [0, 0.1) is 5.82 Å². The molecule has 1 heterocycles. The fourth-order valence-corrected chi connectivity index (χ4v) is 3.58. The van der Waals surface area contributed by atoms with Crippen LogP contribution in [0.2, 0.25) is 5.02 Å². The number of carbonyl (C=O) groups excluding carboxylic acids is 1. The van der Waals surface area contributed by atoms with E-state index in [0.717, 1.165) is 21.2 Å². The topological polar surface area (TPSA) is 20.3 Å². The number of rotatable bonds is 4. The van der Waals surface area contributed by atoms with Gasteiger partial charge in [-0.05, 0) is 52.2 Å². The highest BCUT2D eigenvalue weighted by atomic mass is 35.5. The second-order valence-corrected chi connectivity index (χ2v) is 6.75. The van der Waals surface area contributed by atoms with Crippen LogP contribution in [0.4, 0.5) is 4.39 Å². The first kappa shape index (κ1) is 16.0. The molecule has 2 nitrogen and oxygen atoms in total. The van der Waals surface area contributed by atoms with Crippen LogP contribution in [0.3, 0.4) is 0 Å². The highest BCUT2D eigenvalue weighted by Crippen LogP contribution is 2.29. The third-order valence-corrected chi connectivity index (χ3v) is 4.96. The number of fused-ring (bicyclic) bond motifs is 1. The highest BCUT2D eigenvalue weighted by molar-refractivity contribution is 7.17. The Morgan fingerprint density at radius 3 is 2.61 bits per heavy atom. The average Bonchev–Trinajstić information content (AvgIpc) is 2.91. The monoisotopic (exact) mass is 347 g/mol. The summed E-state index contributed by atoms with van der Waals surface area (Å²) in [5.74, 6) is -0.294. The molecule has 0 fully saturated rings. The minimum absolute atomic E-state index is 0.0179. The smallest absolute Gasteiger partial charge is 0.220 e. The second-order valence-electron chi connectivity index (χ2n) is 5.40. The van der Waals surface area contributed by atoms with Gasteiger partial charge in [-0.2, -0.15) is 0 Å². The van der Waals surface area contributed by atoms with Gasteiger partial charge in [0.25, 0.3) is 0 Å². The summed E-state index contributed by atoms with van der Waals surface area (Å²) in [4.78, 5) is 13.7. The standard InChI is InChI=1S/C18H15ClFNOS/c1-12(22)21(9-13-2-5-16(20)6-3-13)10-14-11-23-18-7-4-15(19)8-17(14)18/h2-8,11H,9-10H2,1H3. The van der Waals surface area contributed by atoms with Gasteiger partial charge in [0, 0.05) is 29.7 Å². The fourth-order valence-electron chi connectivity index (χ4n) is 2.47. The summed E-state index contributed by atoms with van der Waals surface area (Å²) in [6.45, 7) is 2.51. The van der Waals surface area contributed by atoms with E-state index in [1.165, 1.54) is 12.1 Å². The third kappa shape index (κ3) is 3.71. The van der Waals surface area contributed by atoms with Gasteiger partial charge in [-0.3, -0.25) is 4.79 Å². The molecule has 2 aromatic carbocycles. The largest absolute Gasteiger partial charge is 0.334 e. The van der Waals surface area contributed by atoms with E-state index >= 15 is 0 Å². The van der Waals surface area contributed by atoms with Gasteiger partial charge >= 0.3 is 0 Å². The predicted octanol–water partition coefficient (Wildman–Crippen LogP) is 5.24. The third-order valence-electron chi connectivity index (χ3n) is 3.71. The van der Waals surface area contributed by atoms with Gasteiger partial charge in [-0.1, -0.05) is 23.7 Å². The van der Waals surface area contributed by atoms with Gasteiger partial charge in [0.2, 0.25) is 5.91 Å². The van der Waals surface area contributed by atoms with Gasteiger partial charge in [0.15, 0.2) is 0 Å². The summed E-state index contributed by atoms with van der Waals surface area (Å²) in [5, 5.41) is 3.82. The number of halogens is 2. The maximum absolute atomic E-state index is 13.0. The lowest BCUT2D eigenvalue weighted by Crippen LogP contribution is -2.27. The van der Waals surface area contributed by atoms with E-state index in [1.54, 1.807) is 35.3 Å². The van der Waals surface area contributed by atoms with Crippen molar-refractivity contribution in [2.45, 2.75) is 20.0 Å². The van der Waals surface area contributed by atoms with Crippen molar-refractivity contribution in [3.8, 4) is 0 Å². The van der Waals surface area contributed by atoms with E-state index in [4.69, 9.17) is 11.6 Å². The molecule has 0 spiro atoms. The summed E-state index contributed by atoms with van der Waals surface area (Å²) < 4.78 is 14.2. The Morgan fingerprint density at radius 1 is 1.17 bits per heavy atom. The minimum Gasteiger partial charge on any atom is -0.334 e. The van der Waals surface area contributed by atoms with Crippen LogP contribution in [0.25, 0.3) is 10.1 Å². The van der Waals surface area contributed by atoms with Gasteiger partial charge < -0.3 is 4.90 Å². The molecule has 0 saturated heterocycles. The molecule has 118 valence electrons. The fraction of sp³-hybridized carbons (Fsp3) is 0.167. The molecule has 0 radical (unpaired) electrons. The van der Waals surface area contributed by atoms with E-state index in [9.17, 15) is 9.18 Å². The van der Waals surface area contributed by atoms with Gasteiger partial charge in [0.1, 0.15) is 5.82 Å². The summed E-state index contributed by atoms with van der Waals surface area (Å²) in [6, 6.07) is 12.0. The second kappa shape index (κ2) is 6.69. The molecule has 1 amide bonds. The Morgan fingerprint density at radius 2 is 1.91 bits per heavy atom. The predicted molar refractivity (Wildman–Crippen MR) is 93.2 cm³/mol. The Balaban J connectivity index is 1.85. The van der Waals surface area contributed by atoms with Crippen LogP contribution in [0.5, 0.6) is 0 Å². The molecule has 0 aliphatic rings. The molecular formula is C18H15ClFNOS. The number of hydrogen-bond acceptors (Lipinski definition) is 2. The van der Waals surface area contributed by atoms with Crippen LogP contribution in [-0.2, 0) is 17.9 Å². The zero-order valence-electron chi connectivity index (χ0n) is 12.6. The Labute approximate surface area is 143 Å². The highest BCUT2D eigenvalue weighted by Gasteiger charge is 2.13. The Kier molecular flexibility index (Phi) is 4.64. The Hall–Kier alpha value is -1.91. The van der Waals surface area contributed by atoms with E-state index in [0.29, 0.717) is 18.1 Å². The number of amides is 1. The number of nitrogens with zero attached hydrogens (tertiary/aromatic N) is 1. The van der Waals surface area contributed by atoms with Crippen molar-refractivity contribution in [3.05, 3.63) is 69.8 Å². The number of benzene rings is 2. The molecule has 5 heteroatoms. The molecular weight excluding hydrogens is 333 g/mol. The normalized spacial score (nSPS) is 10.9. The zero-order chi connectivity index (χ0) is 16.4. The van der Waals surface area contributed by atoms with Crippen molar-refractivity contribution in [1.82, 2.24) is 4.90 Å². The van der Waals surface area contributed by atoms with Crippen molar-refractivity contribution in [1.29, 1.82) is 0 Å². The maximum atomic E-state index is 13.0. The summed E-state index contributed by atoms with van der Waals surface area (Å²) in [6.07, 6.45) is 0. The molecule has 0 bridgehead atoms. The summed E-state index contributed by atoms with van der Waals surface area (Å²) in [5.41, 5.74) is 1.98. The van der Waals surface area contributed by atoms with E-state index in [2.05, 4.69) is 5.38 Å². The number of thiophene rings is 1.